The molecule has 1 aliphatic rings. The number of anilines is 1. The van der Waals surface area contributed by atoms with E-state index in [2.05, 4.69) is 10.6 Å². The first kappa shape index (κ1) is 12.1. The third kappa shape index (κ3) is 2.51. The molecule has 0 aromatic heterocycles. The van der Waals surface area contributed by atoms with Gasteiger partial charge in [0.25, 0.3) is 5.91 Å². The van der Waals surface area contributed by atoms with E-state index in [0.29, 0.717) is 10.7 Å². The van der Waals surface area contributed by atoms with Crippen LogP contribution in [0.4, 0.5) is 5.69 Å². The highest BCUT2D eigenvalue weighted by molar-refractivity contribution is 6.34. The third-order valence-corrected chi connectivity index (χ3v) is 3.32. The molecule has 1 amide bonds. The summed E-state index contributed by atoms with van der Waals surface area (Å²) < 4.78 is 0. The lowest BCUT2D eigenvalue weighted by molar-refractivity contribution is -0.112. The molecule has 0 bridgehead atoms. The van der Waals surface area contributed by atoms with E-state index in [-0.39, 0.29) is 5.91 Å². The summed E-state index contributed by atoms with van der Waals surface area (Å²) in [6, 6.07) is 5.57. The number of carbonyl (C=O) groups is 1. The second kappa shape index (κ2) is 4.90. The monoisotopic (exact) mass is 250 g/mol. The molecular formula is C13H15ClN2O. The fraction of sp³-hybridized carbons (Fsp3) is 0.308. The minimum atomic E-state index is -0.0716. The van der Waals surface area contributed by atoms with Gasteiger partial charge in [0.05, 0.1) is 10.7 Å². The highest BCUT2D eigenvalue weighted by Crippen LogP contribution is 2.26. The lowest BCUT2D eigenvalue weighted by Crippen LogP contribution is -2.36. The molecule has 0 unspecified atom stereocenters. The van der Waals surface area contributed by atoms with Gasteiger partial charge in [-0.05, 0) is 31.1 Å². The Bertz CT molecular complexity index is 468. The Hall–Kier alpha value is -1.32. The van der Waals surface area contributed by atoms with E-state index in [1.54, 1.807) is 6.07 Å². The molecular weight excluding hydrogens is 236 g/mol. The maximum Gasteiger partial charge on any atom is 0.251 e. The van der Waals surface area contributed by atoms with E-state index in [1.165, 1.54) is 0 Å². The largest absolute Gasteiger partial charge is 0.321 e. The molecule has 4 heteroatoms. The van der Waals surface area contributed by atoms with Crippen molar-refractivity contribution in [2.24, 2.45) is 0 Å². The molecule has 0 radical (unpaired) electrons. The zero-order valence-electron chi connectivity index (χ0n) is 9.93. The molecule has 0 atom stereocenters. The SMILES string of the molecule is CC(C(=O)Nc1c(C)cccc1Cl)=C1CNC1. The fourth-order valence-electron chi connectivity index (χ4n) is 1.67. The average molecular weight is 251 g/mol. The number of para-hydroxylation sites is 1. The van der Waals surface area contributed by atoms with Crippen LogP contribution in [-0.4, -0.2) is 19.0 Å². The predicted octanol–water partition coefficient (Wildman–Crippen LogP) is 2.51. The number of benzene rings is 1. The normalized spacial score (nSPS) is 14.2. The van der Waals surface area contributed by atoms with Crippen molar-refractivity contribution in [2.45, 2.75) is 13.8 Å². The Morgan fingerprint density at radius 3 is 2.65 bits per heavy atom. The second-order valence-electron chi connectivity index (χ2n) is 4.22. The van der Waals surface area contributed by atoms with Gasteiger partial charge >= 0.3 is 0 Å². The number of aryl methyl sites for hydroxylation is 1. The summed E-state index contributed by atoms with van der Waals surface area (Å²) >= 11 is 6.06. The van der Waals surface area contributed by atoms with E-state index < -0.39 is 0 Å². The Labute approximate surface area is 106 Å². The van der Waals surface area contributed by atoms with Gasteiger partial charge in [-0.3, -0.25) is 4.79 Å². The highest BCUT2D eigenvalue weighted by Gasteiger charge is 2.17. The standard InChI is InChI=1S/C13H15ClN2O/c1-8-4-3-5-11(14)12(8)16-13(17)9(2)10-6-15-7-10/h3-5,15H,6-7H2,1-2H3,(H,16,17). The molecule has 2 N–H and O–H groups in total. The van der Waals surface area contributed by atoms with E-state index in [0.717, 1.165) is 29.8 Å². The smallest absolute Gasteiger partial charge is 0.251 e. The van der Waals surface area contributed by atoms with Gasteiger partial charge < -0.3 is 10.6 Å². The predicted molar refractivity (Wildman–Crippen MR) is 70.4 cm³/mol. The van der Waals surface area contributed by atoms with Crippen molar-refractivity contribution in [2.75, 3.05) is 18.4 Å². The zero-order valence-corrected chi connectivity index (χ0v) is 10.7. The Morgan fingerprint density at radius 1 is 1.41 bits per heavy atom. The number of nitrogens with one attached hydrogen (secondary N) is 2. The van der Waals surface area contributed by atoms with Crippen molar-refractivity contribution >= 4 is 23.2 Å². The molecule has 0 aliphatic carbocycles. The number of halogens is 1. The molecule has 1 aromatic carbocycles. The van der Waals surface area contributed by atoms with Gasteiger partial charge in [-0.1, -0.05) is 23.7 Å². The van der Waals surface area contributed by atoms with Gasteiger partial charge in [-0.25, -0.2) is 0 Å². The number of carbonyl (C=O) groups excluding carboxylic acids is 1. The molecule has 0 saturated carbocycles. The highest BCUT2D eigenvalue weighted by atomic mass is 35.5. The van der Waals surface area contributed by atoms with E-state index in [4.69, 9.17) is 11.6 Å². The number of hydrogen-bond donors (Lipinski definition) is 2. The Kier molecular flexibility index (Phi) is 3.50. The first-order valence-electron chi connectivity index (χ1n) is 5.55. The number of rotatable bonds is 2. The molecule has 1 saturated heterocycles. The van der Waals surface area contributed by atoms with Crippen molar-refractivity contribution in [3.05, 3.63) is 39.9 Å². The zero-order chi connectivity index (χ0) is 12.4. The van der Waals surface area contributed by atoms with Crippen molar-refractivity contribution in [1.82, 2.24) is 5.32 Å². The van der Waals surface area contributed by atoms with Crippen LogP contribution < -0.4 is 10.6 Å². The molecule has 17 heavy (non-hydrogen) atoms. The van der Waals surface area contributed by atoms with Gasteiger partial charge in [0.2, 0.25) is 0 Å². The van der Waals surface area contributed by atoms with Crippen LogP contribution in [0.1, 0.15) is 12.5 Å². The minimum Gasteiger partial charge on any atom is -0.321 e. The van der Waals surface area contributed by atoms with Crippen molar-refractivity contribution < 1.29 is 4.79 Å². The summed E-state index contributed by atoms with van der Waals surface area (Å²) in [5, 5.41) is 6.56. The quantitative estimate of drug-likeness (QED) is 0.792. The molecule has 2 rings (SSSR count). The van der Waals surface area contributed by atoms with Crippen LogP contribution in [-0.2, 0) is 4.79 Å². The fourth-order valence-corrected chi connectivity index (χ4v) is 1.94. The first-order chi connectivity index (χ1) is 8.09. The van der Waals surface area contributed by atoms with Gasteiger partial charge in [0.1, 0.15) is 0 Å². The molecule has 3 nitrogen and oxygen atoms in total. The van der Waals surface area contributed by atoms with Crippen LogP contribution in [0.2, 0.25) is 5.02 Å². The Balaban J connectivity index is 2.19. The maximum atomic E-state index is 12.0. The molecule has 1 aromatic rings. The van der Waals surface area contributed by atoms with Crippen molar-refractivity contribution in [1.29, 1.82) is 0 Å². The second-order valence-corrected chi connectivity index (χ2v) is 4.63. The maximum absolute atomic E-state index is 12.0. The summed E-state index contributed by atoms with van der Waals surface area (Å²) in [6.07, 6.45) is 0. The van der Waals surface area contributed by atoms with Crippen LogP contribution in [0.3, 0.4) is 0 Å². The van der Waals surface area contributed by atoms with E-state index >= 15 is 0 Å². The summed E-state index contributed by atoms with van der Waals surface area (Å²) in [7, 11) is 0. The number of hydrogen-bond acceptors (Lipinski definition) is 2. The van der Waals surface area contributed by atoms with E-state index in [1.807, 2.05) is 26.0 Å². The molecule has 1 fully saturated rings. The molecule has 1 aliphatic heterocycles. The van der Waals surface area contributed by atoms with Gasteiger partial charge in [-0.2, -0.15) is 0 Å². The van der Waals surface area contributed by atoms with Crippen LogP contribution in [0.5, 0.6) is 0 Å². The van der Waals surface area contributed by atoms with E-state index in [9.17, 15) is 4.79 Å². The third-order valence-electron chi connectivity index (χ3n) is 3.01. The topological polar surface area (TPSA) is 41.1 Å². The van der Waals surface area contributed by atoms with Gasteiger partial charge in [-0.15, -0.1) is 0 Å². The molecule has 1 heterocycles. The number of amides is 1. The van der Waals surface area contributed by atoms with Gasteiger partial charge in [0.15, 0.2) is 0 Å². The lowest BCUT2D eigenvalue weighted by Gasteiger charge is -2.21. The van der Waals surface area contributed by atoms with Crippen LogP contribution in [0.15, 0.2) is 29.3 Å². The Morgan fingerprint density at radius 2 is 2.12 bits per heavy atom. The summed E-state index contributed by atoms with van der Waals surface area (Å²) in [5.74, 6) is -0.0716. The first-order valence-corrected chi connectivity index (χ1v) is 5.93. The van der Waals surface area contributed by atoms with Crippen LogP contribution in [0.25, 0.3) is 0 Å². The van der Waals surface area contributed by atoms with Crippen LogP contribution >= 0.6 is 11.6 Å². The minimum absolute atomic E-state index is 0.0716. The average Bonchev–Trinajstić information content (AvgIpc) is 2.21. The molecule has 90 valence electrons. The van der Waals surface area contributed by atoms with Crippen molar-refractivity contribution in [3.8, 4) is 0 Å². The van der Waals surface area contributed by atoms with Crippen molar-refractivity contribution in [3.63, 3.8) is 0 Å². The summed E-state index contributed by atoms with van der Waals surface area (Å²) in [4.78, 5) is 12.0. The van der Waals surface area contributed by atoms with Gasteiger partial charge in [0, 0.05) is 18.7 Å². The van der Waals surface area contributed by atoms with Crippen LogP contribution in [0, 0.1) is 6.92 Å². The summed E-state index contributed by atoms with van der Waals surface area (Å²) in [5.41, 5.74) is 3.61. The summed E-state index contributed by atoms with van der Waals surface area (Å²) in [6.45, 7) is 5.38. The molecule has 0 spiro atoms. The lowest BCUT2D eigenvalue weighted by atomic mass is 10.0.